The minimum atomic E-state index is -0.312. The number of aromatic nitrogens is 3. The van der Waals surface area contributed by atoms with Crippen LogP contribution in [0.4, 0.5) is 11.5 Å². The van der Waals surface area contributed by atoms with E-state index in [0.717, 1.165) is 17.9 Å². The van der Waals surface area contributed by atoms with Gasteiger partial charge in [0, 0.05) is 7.05 Å². The number of aryl methyl sites for hydroxylation is 1. The molecule has 0 radical (unpaired) electrons. The number of anilines is 2. The van der Waals surface area contributed by atoms with Crippen LogP contribution in [0.5, 0.6) is 0 Å². The van der Waals surface area contributed by atoms with E-state index in [4.69, 9.17) is 17.3 Å². The Labute approximate surface area is 115 Å². The van der Waals surface area contributed by atoms with Crippen molar-refractivity contribution in [3.63, 3.8) is 0 Å². The second-order valence-electron chi connectivity index (χ2n) is 4.12. The Morgan fingerprint density at radius 3 is 2.84 bits per heavy atom. The van der Waals surface area contributed by atoms with Crippen LogP contribution in [0.3, 0.4) is 0 Å². The summed E-state index contributed by atoms with van der Waals surface area (Å²) >= 11 is 6.02. The number of rotatable bonds is 4. The van der Waals surface area contributed by atoms with E-state index in [1.165, 1.54) is 10.6 Å². The molecular weight excluding hydrogens is 266 g/mol. The first-order chi connectivity index (χ1) is 9.06. The lowest BCUT2D eigenvalue weighted by atomic mass is 10.3. The Kier molecular flexibility index (Phi) is 3.80. The number of hydrogen-bond acceptors (Lipinski definition) is 4. The summed E-state index contributed by atoms with van der Waals surface area (Å²) < 4.78 is 1.38. The third kappa shape index (κ3) is 2.58. The summed E-state index contributed by atoms with van der Waals surface area (Å²) in [6, 6.07) is 3.10. The highest BCUT2D eigenvalue weighted by atomic mass is 35.5. The molecule has 19 heavy (non-hydrogen) atoms. The van der Waals surface area contributed by atoms with Gasteiger partial charge in [-0.25, -0.2) is 4.98 Å². The summed E-state index contributed by atoms with van der Waals surface area (Å²) in [6.07, 6.45) is 0.822. The fraction of sp³-hybridized carbons (Fsp3) is 0.333. The highest BCUT2D eigenvalue weighted by molar-refractivity contribution is 6.29. The van der Waals surface area contributed by atoms with Crippen LogP contribution in [0.1, 0.15) is 18.4 Å². The van der Waals surface area contributed by atoms with Gasteiger partial charge in [-0.05, 0) is 18.6 Å². The number of H-pyrrole nitrogens is 1. The number of nitrogen functional groups attached to an aromatic ring is 1. The van der Waals surface area contributed by atoms with Crippen molar-refractivity contribution in [1.29, 1.82) is 0 Å². The van der Waals surface area contributed by atoms with Gasteiger partial charge in [0.2, 0.25) is 0 Å². The fourth-order valence-corrected chi connectivity index (χ4v) is 2.07. The lowest BCUT2D eigenvalue weighted by molar-refractivity contribution is 0.725. The lowest BCUT2D eigenvalue weighted by Gasteiger charge is -2.07. The number of pyridine rings is 1. The third-order valence-corrected chi connectivity index (χ3v) is 3.21. The van der Waals surface area contributed by atoms with Gasteiger partial charge in [-0.3, -0.25) is 9.36 Å². The van der Waals surface area contributed by atoms with Gasteiger partial charge < -0.3 is 16.0 Å². The highest BCUT2D eigenvalue weighted by Crippen LogP contribution is 2.15. The lowest BCUT2D eigenvalue weighted by Crippen LogP contribution is -2.24. The molecule has 4 N–H and O–H groups in total. The minimum absolute atomic E-state index is 0.167. The van der Waals surface area contributed by atoms with Crippen molar-refractivity contribution in [3.8, 4) is 0 Å². The van der Waals surface area contributed by atoms with Crippen molar-refractivity contribution >= 4 is 23.1 Å². The maximum absolute atomic E-state index is 11.9. The van der Waals surface area contributed by atoms with Gasteiger partial charge in [0.25, 0.3) is 5.56 Å². The van der Waals surface area contributed by atoms with Crippen LogP contribution in [-0.2, 0) is 13.0 Å². The molecule has 7 heteroatoms. The van der Waals surface area contributed by atoms with Crippen molar-refractivity contribution in [3.05, 3.63) is 39.2 Å². The van der Waals surface area contributed by atoms with Crippen molar-refractivity contribution in [2.45, 2.75) is 19.9 Å². The van der Waals surface area contributed by atoms with Gasteiger partial charge in [-0.15, -0.1) is 0 Å². The van der Waals surface area contributed by atoms with E-state index in [9.17, 15) is 4.79 Å². The molecule has 102 valence electrons. The van der Waals surface area contributed by atoms with Gasteiger partial charge >= 0.3 is 0 Å². The number of halogens is 1. The molecule has 2 rings (SSSR count). The normalized spacial score (nSPS) is 10.7. The summed E-state index contributed by atoms with van der Waals surface area (Å²) in [5.41, 5.74) is 6.44. The van der Waals surface area contributed by atoms with E-state index in [1.807, 2.05) is 6.92 Å². The summed E-state index contributed by atoms with van der Waals surface area (Å²) in [6.45, 7) is 2.29. The van der Waals surface area contributed by atoms with Crippen molar-refractivity contribution in [2.24, 2.45) is 0 Å². The number of nitrogens with two attached hydrogens (primary N) is 1. The van der Waals surface area contributed by atoms with Crippen molar-refractivity contribution in [2.75, 3.05) is 18.1 Å². The average Bonchev–Trinajstić information content (AvgIpc) is 2.81. The second-order valence-corrected chi connectivity index (χ2v) is 4.50. The molecule has 0 amide bonds. The topological polar surface area (TPSA) is 88.7 Å². The van der Waals surface area contributed by atoms with Gasteiger partial charge in [-0.1, -0.05) is 18.5 Å². The molecule has 2 aromatic rings. The van der Waals surface area contributed by atoms with E-state index in [1.54, 1.807) is 13.1 Å². The summed E-state index contributed by atoms with van der Waals surface area (Å²) in [4.78, 5) is 19.5. The molecule has 0 unspecified atom stereocenters. The largest absolute Gasteiger partial charge is 0.394 e. The first-order valence-electron chi connectivity index (χ1n) is 5.97. The standard InChI is InChI=1S/C12H16ClN5O/c1-3-8-11(15-2)17-10(16-8)6-18-9(13)5-4-7(14)12(18)19/h4-5,15H,3,6,14H2,1-2H3,(H,16,17). The predicted octanol–water partition coefficient (Wildman–Crippen LogP) is 1.46. The molecule has 0 aliphatic heterocycles. The number of nitrogens with zero attached hydrogens (tertiary/aromatic N) is 2. The Morgan fingerprint density at radius 2 is 2.26 bits per heavy atom. The van der Waals surface area contributed by atoms with E-state index in [0.29, 0.717) is 11.0 Å². The van der Waals surface area contributed by atoms with Crippen LogP contribution in [0.25, 0.3) is 0 Å². The van der Waals surface area contributed by atoms with Gasteiger partial charge in [-0.2, -0.15) is 0 Å². The number of imidazole rings is 1. The fourth-order valence-electron chi connectivity index (χ4n) is 1.87. The molecular formula is C12H16ClN5O. The molecule has 0 saturated carbocycles. The zero-order valence-electron chi connectivity index (χ0n) is 10.8. The van der Waals surface area contributed by atoms with Crippen molar-refractivity contribution in [1.82, 2.24) is 14.5 Å². The van der Waals surface area contributed by atoms with Crippen LogP contribution in [0.2, 0.25) is 5.15 Å². The molecule has 0 bridgehead atoms. The van der Waals surface area contributed by atoms with Crippen LogP contribution >= 0.6 is 11.6 Å². The first kappa shape index (κ1) is 13.5. The molecule has 0 spiro atoms. The minimum Gasteiger partial charge on any atom is -0.394 e. The number of aromatic amines is 1. The highest BCUT2D eigenvalue weighted by Gasteiger charge is 2.11. The number of hydrogen-bond donors (Lipinski definition) is 3. The quantitative estimate of drug-likeness (QED) is 0.740. The smallest absolute Gasteiger partial charge is 0.275 e. The molecule has 2 aromatic heterocycles. The van der Waals surface area contributed by atoms with Crippen LogP contribution in [0.15, 0.2) is 16.9 Å². The van der Waals surface area contributed by atoms with Crippen LogP contribution in [-0.4, -0.2) is 21.6 Å². The van der Waals surface area contributed by atoms with E-state index >= 15 is 0 Å². The second kappa shape index (κ2) is 5.36. The van der Waals surface area contributed by atoms with E-state index in [2.05, 4.69) is 15.3 Å². The molecule has 0 saturated heterocycles. The van der Waals surface area contributed by atoms with Gasteiger partial charge in [0.15, 0.2) is 0 Å². The zero-order chi connectivity index (χ0) is 14.0. The Morgan fingerprint density at radius 1 is 1.53 bits per heavy atom. The average molecular weight is 282 g/mol. The maximum Gasteiger partial charge on any atom is 0.275 e. The predicted molar refractivity (Wildman–Crippen MR) is 76.7 cm³/mol. The van der Waals surface area contributed by atoms with Crippen LogP contribution in [0, 0.1) is 0 Å². The molecule has 0 aromatic carbocycles. The van der Waals surface area contributed by atoms with Gasteiger partial charge in [0.1, 0.15) is 16.8 Å². The maximum atomic E-state index is 11.9. The molecule has 0 aliphatic carbocycles. The SMILES string of the molecule is CCc1[nH]c(Cn2c(Cl)ccc(N)c2=O)nc1NC. The molecule has 6 nitrogen and oxygen atoms in total. The van der Waals surface area contributed by atoms with E-state index < -0.39 is 0 Å². The molecule has 0 atom stereocenters. The van der Waals surface area contributed by atoms with Crippen molar-refractivity contribution < 1.29 is 0 Å². The summed E-state index contributed by atoms with van der Waals surface area (Å²) in [7, 11) is 1.80. The zero-order valence-corrected chi connectivity index (χ0v) is 11.6. The summed E-state index contributed by atoms with van der Waals surface area (Å²) in [5.74, 6) is 1.45. The Balaban J connectivity index is 2.39. The monoisotopic (exact) mass is 281 g/mol. The van der Waals surface area contributed by atoms with Gasteiger partial charge in [0.05, 0.1) is 17.9 Å². The third-order valence-electron chi connectivity index (χ3n) is 2.88. The summed E-state index contributed by atoms with van der Waals surface area (Å²) in [5, 5.41) is 3.34. The Bertz CT molecular complexity index is 625. The van der Waals surface area contributed by atoms with E-state index in [-0.39, 0.29) is 17.8 Å². The Hall–Kier alpha value is -1.95. The number of nitrogens with one attached hydrogen (secondary N) is 2. The van der Waals surface area contributed by atoms with Crippen LogP contribution < -0.4 is 16.6 Å². The first-order valence-corrected chi connectivity index (χ1v) is 6.35. The molecule has 0 aliphatic rings. The molecule has 0 fully saturated rings. The molecule has 2 heterocycles.